The molecule has 84 valence electrons. The minimum absolute atomic E-state index is 0.446. The summed E-state index contributed by atoms with van der Waals surface area (Å²) in [4.78, 5) is 0. The Bertz CT molecular complexity index is 405. The molecule has 1 heterocycles. The molecular weight excluding hydrogens is 202 g/mol. The number of hydrogen-bond acceptors (Lipinski definition) is 4. The van der Waals surface area contributed by atoms with Crippen LogP contribution in [0.15, 0.2) is 18.2 Å². The first-order valence-corrected chi connectivity index (χ1v) is 5.39. The van der Waals surface area contributed by atoms with Crippen molar-refractivity contribution in [2.24, 2.45) is 0 Å². The maximum Gasteiger partial charge on any atom is 0.143 e. The van der Waals surface area contributed by atoms with Gasteiger partial charge in [0.25, 0.3) is 0 Å². The molecule has 0 amide bonds. The van der Waals surface area contributed by atoms with Crippen molar-refractivity contribution >= 4 is 5.69 Å². The highest BCUT2D eigenvalue weighted by molar-refractivity contribution is 5.60. The Morgan fingerprint density at radius 2 is 2.44 bits per heavy atom. The second-order valence-electron chi connectivity index (χ2n) is 3.86. The summed E-state index contributed by atoms with van der Waals surface area (Å²) in [6.45, 7) is 2.03. The van der Waals surface area contributed by atoms with Crippen molar-refractivity contribution in [2.75, 3.05) is 25.5 Å². The standard InChI is InChI=1S/C12H15N3O/c1-16-12-6-9(7-13)2-3-11(12)15-10-4-5-14-8-10/h2-3,6,10,14-15H,4-5,8H2,1H3. The van der Waals surface area contributed by atoms with Crippen molar-refractivity contribution < 1.29 is 4.74 Å². The van der Waals surface area contributed by atoms with Crippen LogP contribution in [-0.2, 0) is 0 Å². The highest BCUT2D eigenvalue weighted by Gasteiger charge is 2.15. The van der Waals surface area contributed by atoms with E-state index in [0.29, 0.717) is 11.6 Å². The third-order valence-electron chi connectivity index (χ3n) is 2.75. The molecule has 2 rings (SSSR count). The Kier molecular flexibility index (Phi) is 3.28. The molecule has 4 nitrogen and oxygen atoms in total. The van der Waals surface area contributed by atoms with Crippen LogP contribution in [0.5, 0.6) is 5.75 Å². The monoisotopic (exact) mass is 217 g/mol. The van der Waals surface area contributed by atoms with E-state index in [4.69, 9.17) is 10.00 Å². The summed E-state index contributed by atoms with van der Waals surface area (Å²) in [7, 11) is 1.62. The predicted molar refractivity (Wildman–Crippen MR) is 62.6 cm³/mol. The van der Waals surface area contributed by atoms with Crippen LogP contribution in [0.4, 0.5) is 5.69 Å². The molecule has 0 bridgehead atoms. The Hall–Kier alpha value is -1.73. The molecule has 0 aromatic heterocycles. The molecule has 0 radical (unpaired) electrons. The van der Waals surface area contributed by atoms with Crippen LogP contribution < -0.4 is 15.4 Å². The fourth-order valence-electron chi connectivity index (χ4n) is 1.88. The van der Waals surface area contributed by atoms with E-state index in [1.165, 1.54) is 0 Å². The van der Waals surface area contributed by atoms with Crippen molar-refractivity contribution in [3.63, 3.8) is 0 Å². The summed E-state index contributed by atoms with van der Waals surface area (Å²) >= 11 is 0. The number of nitrogens with zero attached hydrogens (tertiary/aromatic N) is 1. The van der Waals surface area contributed by atoms with Gasteiger partial charge in [-0.3, -0.25) is 0 Å². The summed E-state index contributed by atoms with van der Waals surface area (Å²) < 4.78 is 5.26. The number of methoxy groups -OCH3 is 1. The number of hydrogen-bond donors (Lipinski definition) is 2. The third-order valence-corrected chi connectivity index (χ3v) is 2.75. The second kappa shape index (κ2) is 4.86. The molecule has 1 aromatic carbocycles. The molecule has 0 saturated carbocycles. The van der Waals surface area contributed by atoms with Crippen LogP contribution in [0.1, 0.15) is 12.0 Å². The van der Waals surface area contributed by atoms with Gasteiger partial charge in [-0.25, -0.2) is 0 Å². The molecule has 0 aliphatic carbocycles. The van der Waals surface area contributed by atoms with E-state index in [-0.39, 0.29) is 0 Å². The molecule has 1 aliphatic heterocycles. The molecule has 0 spiro atoms. The van der Waals surface area contributed by atoms with Crippen LogP contribution in [0.3, 0.4) is 0 Å². The Morgan fingerprint density at radius 3 is 3.06 bits per heavy atom. The van der Waals surface area contributed by atoms with E-state index in [9.17, 15) is 0 Å². The number of ether oxygens (including phenoxy) is 1. The van der Waals surface area contributed by atoms with E-state index in [2.05, 4.69) is 16.7 Å². The van der Waals surface area contributed by atoms with Crippen molar-refractivity contribution in [3.05, 3.63) is 23.8 Å². The van der Waals surface area contributed by atoms with Crippen LogP contribution in [-0.4, -0.2) is 26.2 Å². The largest absolute Gasteiger partial charge is 0.495 e. The molecule has 1 atom stereocenters. The number of anilines is 1. The van der Waals surface area contributed by atoms with Gasteiger partial charge in [-0.1, -0.05) is 0 Å². The molecule has 16 heavy (non-hydrogen) atoms. The number of nitriles is 1. The zero-order chi connectivity index (χ0) is 11.4. The van der Waals surface area contributed by atoms with Crippen LogP contribution >= 0.6 is 0 Å². The first-order valence-electron chi connectivity index (χ1n) is 5.39. The molecule has 4 heteroatoms. The fourth-order valence-corrected chi connectivity index (χ4v) is 1.88. The Labute approximate surface area is 95.2 Å². The van der Waals surface area contributed by atoms with Crippen molar-refractivity contribution in [2.45, 2.75) is 12.5 Å². The average molecular weight is 217 g/mol. The summed E-state index contributed by atoms with van der Waals surface area (Å²) in [5.74, 6) is 0.728. The van der Waals surface area contributed by atoms with Gasteiger partial charge in [0.1, 0.15) is 5.75 Å². The van der Waals surface area contributed by atoms with Crippen LogP contribution in [0.2, 0.25) is 0 Å². The first kappa shape index (κ1) is 10.8. The molecule has 1 fully saturated rings. The van der Waals surface area contributed by atoms with E-state index >= 15 is 0 Å². The van der Waals surface area contributed by atoms with Crippen molar-refractivity contribution in [3.8, 4) is 11.8 Å². The maximum absolute atomic E-state index is 8.80. The molecule has 1 aliphatic rings. The molecule has 2 N–H and O–H groups in total. The van der Waals surface area contributed by atoms with Gasteiger partial charge in [-0.15, -0.1) is 0 Å². The Balaban J connectivity index is 2.16. The third kappa shape index (κ3) is 2.26. The van der Waals surface area contributed by atoms with Gasteiger partial charge < -0.3 is 15.4 Å². The second-order valence-corrected chi connectivity index (χ2v) is 3.86. The lowest BCUT2D eigenvalue weighted by Crippen LogP contribution is -2.22. The molecule has 1 aromatic rings. The smallest absolute Gasteiger partial charge is 0.143 e. The molecular formula is C12H15N3O. The van der Waals surface area contributed by atoms with E-state index in [1.54, 1.807) is 19.2 Å². The lowest BCUT2D eigenvalue weighted by molar-refractivity contribution is 0.416. The minimum atomic E-state index is 0.446. The van der Waals surface area contributed by atoms with Gasteiger partial charge in [-0.05, 0) is 25.1 Å². The topological polar surface area (TPSA) is 57.1 Å². The first-order chi connectivity index (χ1) is 7.83. The summed E-state index contributed by atoms with van der Waals surface area (Å²) in [6, 6.07) is 8.00. The number of benzene rings is 1. The van der Waals surface area contributed by atoms with E-state index in [0.717, 1.165) is 30.9 Å². The predicted octanol–water partition coefficient (Wildman–Crippen LogP) is 1.34. The summed E-state index contributed by atoms with van der Waals surface area (Å²) in [6.07, 6.45) is 1.11. The maximum atomic E-state index is 8.80. The van der Waals surface area contributed by atoms with Crippen LogP contribution in [0.25, 0.3) is 0 Å². The van der Waals surface area contributed by atoms with Gasteiger partial charge in [-0.2, -0.15) is 5.26 Å². The average Bonchev–Trinajstić information content (AvgIpc) is 2.82. The number of rotatable bonds is 3. The SMILES string of the molecule is COc1cc(C#N)ccc1NC1CCNC1. The van der Waals surface area contributed by atoms with Gasteiger partial charge >= 0.3 is 0 Å². The highest BCUT2D eigenvalue weighted by Crippen LogP contribution is 2.26. The van der Waals surface area contributed by atoms with Gasteiger partial charge in [0.15, 0.2) is 0 Å². The van der Waals surface area contributed by atoms with Crippen LogP contribution in [0, 0.1) is 11.3 Å². The van der Waals surface area contributed by atoms with Gasteiger partial charge in [0.05, 0.1) is 24.4 Å². The summed E-state index contributed by atoms with van der Waals surface area (Å²) in [5, 5.41) is 15.5. The highest BCUT2D eigenvalue weighted by atomic mass is 16.5. The molecule has 1 saturated heterocycles. The fraction of sp³-hybridized carbons (Fsp3) is 0.417. The van der Waals surface area contributed by atoms with Crippen molar-refractivity contribution in [1.82, 2.24) is 5.32 Å². The van der Waals surface area contributed by atoms with E-state index < -0.39 is 0 Å². The zero-order valence-electron chi connectivity index (χ0n) is 9.29. The lowest BCUT2D eigenvalue weighted by Gasteiger charge is -2.15. The van der Waals surface area contributed by atoms with E-state index in [1.807, 2.05) is 6.07 Å². The quantitative estimate of drug-likeness (QED) is 0.802. The van der Waals surface area contributed by atoms with Crippen molar-refractivity contribution in [1.29, 1.82) is 5.26 Å². The normalized spacial score (nSPS) is 19.1. The van der Waals surface area contributed by atoms with Gasteiger partial charge in [0, 0.05) is 18.7 Å². The minimum Gasteiger partial charge on any atom is -0.495 e. The Morgan fingerprint density at radius 1 is 1.56 bits per heavy atom. The van der Waals surface area contributed by atoms with Gasteiger partial charge in [0.2, 0.25) is 0 Å². The lowest BCUT2D eigenvalue weighted by atomic mass is 10.1. The summed E-state index contributed by atoms with van der Waals surface area (Å²) in [5.41, 5.74) is 1.57. The number of nitrogens with one attached hydrogen (secondary N) is 2. The molecule has 1 unspecified atom stereocenters. The zero-order valence-corrected chi connectivity index (χ0v) is 9.29.